The molecule has 1 aromatic carbocycles. The van der Waals surface area contributed by atoms with Crippen molar-refractivity contribution in [3.63, 3.8) is 0 Å². The topological polar surface area (TPSA) is 52.6 Å². The van der Waals surface area contributed by atoms with Gasteiger partial charge in [-0.3, -0.25) is 14.9 Å². The minimum Gasteiger partial charge on any atom is -0.369 e. The van der Waals surface area contributed by atoms with Crippen molar-refractivity contribution in [3.8, 4) is 0 Å². The van der Waals surface area contributed by atoms with Gasteiger partial charge in [0, 0.05) is 34.9 Å². The van der Waals surface area contributed by atoms with Crippen molar-refractivity contribution in [2.75, 3.05) is 32.1 Å². The molecule has 3 rings (SSSR count). The summed E-state index contributed by atoms with van der Waals surface area (Å²) in [6.45, 7) is 1.95. The van der Waals surface area contributed by atoms with Crippen LogP contribution in [0.15, 0.2) is 27.6 Å². The normalized spacial score (nSPS) is 23.2. The molecule has 122 valence electrons. The van der Waals surface area contributed by atoms with E-state index in [1.54, 1.807) is 6.08 Å². The number of rotatable bonds is 3. The number of hydrogen-bond donors (Lipinski definition) is 1. The average molecular weight is 396 g/mol. The van der Waals surface area contributed by atoms with E-state index in [2.05, 4.69) is 51.2 Å². The van der Waals surface area contributed by atoms with Crippen molar-refractivity contribution < 1.29 is 9.59 Å². The number of anilines is 1. The zero-order valence-corrected chi connectivity index (χ0v) is 15.4. The summed E-state index contributed by atoms with van der Waals surface area (Å²) >= 11 is 4.44. The minimum absolute atomic E-state index is 0.313. The quantitative estimate of drug-likeness (QED) is 0.797. The smallest absolute Gasteiger partial charge is 0.290 e. The predicted octanol–water partition coefficient (Wildman–Crippen LogP) is 2.91. The fourth-order valence-corrected chi connectivity index (χ4v) is 3.93. The molecule has 0 spiro atoms. The molecule has 2 saturated heterocycles. The molecular weight excluding hydrogens is 378 g/mol. The second-order valence-corrected chi connectivity index (χ2v) is 7.84. The van der Waals surface area contributed by atoms with E-state index in [4.69, 9.17) is 0 Å². The molecule has 2 amide bonds. The number of hydrogen-bond acceptors (Lipinski definition) is 5. The van der Waals surface area contributed by atoms with E-state index in [0.717, 1.165) is 47.0 Å². The van der Waals surface area contributed by atoms with Gasteiger partial charge in [0.25, 0.3) is 11.1 Å². The largest absolute Gasteiger partial charge is 0.369 e. The Morgan fingerprint density at radius 3 is 2.78 bits per heavy atom. The van der Waals surface area contributed by atoms with Crippen molar-refractivity contribution >= 4 is 50.6 Å². The Balaban J connectivity index is 1.92. The van der Waals surface area contributed by atoms with Gasteiger partial charge in [0.15, 0.2) is 0 Å². The van der Waals surface area contributed by atoms with Crippen molar-refractivity contribution in [2.45, 2.75) is 12.5 Å². The number of benzene rings is 1. The molecule has 7 heteroatoms. The van der Waals surface area contributed by atoms with Gasteiger partial charge in [-0.05, 0) is 56.6 Å². The van der Waals surface area contributed by atoms with E-state index in [0.29, 0.717) is 10.9 Å². The third-order valence-electron chi connectivity index (χ3n) is 4.15. The number of carbonyl (C=O) groups is 2. The summed E-state index contributed by atoms with van der Waals surface area (Å²) in [4.78, 5) is 28.2. The lowest BCUT2D eigenvalue weighted by molar-refractivity contribution is -0.115. The predicted molar refractivity (Wildman–Crippen MR) is 97.6 cm³/mol. The Bertz CT molecular complexity index is 690. The van der Waals surface area contributed by atoms with Gasteiger partial charge in [-0.2, -0.15) is 0 Å². The number of likely N-dealkylation sites (N-methyl/N-ethyl adjacent to an activating group) is 1. The molecule has 0 aliphatic carbocycles. The molecule has 0 radical (unpaired) electrons. The van der Waals surface area contributed by atoms with Crippen LogP contribution in [0.1, 0.15) is 12.0 Å². The molecule has 1 aromatic rings. The van der Waals surface area contributed by atoms with E-state index < -0.39 is 0 Å². The Morgan fingerprint density at radius 1 is 1.39 bits per heavy atom. The van der Waals surface area contributed by atoms with Gasteiger partial charge < -0.3 is 9.80 Å². The van der Waals surface area contributed by atoms with Crippen LogP contribution >= 0.6 is 27.7 Å². The van der Waals surface area contributed by atoms with Crippen LogP contribution in [0.3, 0.4) is 0 Å². The first-order chi connectivity index (χ1) is 10.9. The molecule has 0 saturated carbocycles. The van der Waals surface area contributed by atoms with Gasteiger partial charge in [-0.1, -0.05) is 15.9 Å². The molecule has 1 N–H and O–H groups in total. The first-order valence-corrected chi connectivity index (χ1v) is 9.01. The summed E-state index contributed by atoms with van der Waals surface area (Å²) < 4.78 is 0.950. The fourth-order valence-electron chi connectivity index (χ4n) is 2.87. The first-order valence-electron chi connectivity index (χ1n) is 7.40. The molecule has 1 unspecified atom stereocenters. The van der Waals surface area contributed by atoms with E-state index in [9.17, 15) is 9.59 Å². The zero-order chi connectivity index (χ0) is 16.6. The summed E-state index contributed by atoms with van der Waals surface area (Å²) in [6.07, 6.45) is 2.92. The second kappa shape index (κ2) is 6.67. The summed E-state index contributed by atoms with van der Waals surface area (Å²) in [6, 6.07) is 6.59. The van der Waals surface area contributed by atoms with Crippen LogP contribution in [0.2, 0.25) is 0 Å². The fraction of sp³-hybridized carbons (Fsp3) is 0.375. The average Bonchev–Trinajstić information content (AvgIpc) is 3.07. The van der Waals surface area contributed by atoms with Crippen molar-refractivity contribution in [1.82, 2.24) is 10.2 Å². The lowest BCUT2D eigenvalue weighted by Gasteiger charge is -2.23. The Morgan fingerprint density at radius 2 is 2.17 bits per heavy atom. The summed E-state index contributed by atoms with van der Waals surface area (Å²) in [5, 5.41) is 1.98. The van der Waals surface area contributed by atoms with Crippen LogP contribution < -0.4 is 10.2 Å². The number of nitrogens with zero attached hydrogens (tertiary/aromatic N) is 2. The van der Waals surface area contributed by atoms with Crippen LogP contribution in [0, 0.1) is 0 Å². The van der Waals surface area contributed by atoms with E-state index in [1.165, 1.54) is 0 Å². The molecular formula is C16H18BrN3O2S. The third kappa shape index (κ3) is 3.62. The number of thioether (sulfide) groups is 1. The molecule has 2 aliphatic heterocycles. The molecule has 2 aliphatic rings. The Labute approximate surface area is 148 Å². The highest BCUT2D eigenvalue weighted by molar-refractivity contribution is 9.10. The maximum atomic E-state index is 11.8. The number of carbonyl (C=O) groups excluding carboxylic acids is 2. The maximum Gasteiger partial charge on any atom is 0.290 e. The van der Waals surface area contributed by atoms with Crippen LogP contribution in [0.5, 0.6) is 0 Å². The van der Waals surface area contributed by atoms with Crippen molar-refractivity contribution in [3.05, 3.63) is 33.1 Å². The van der Waals surface area contributed by atoms with E-state index >= 15 is 0 Å². The molecule has 2 heterocycles. The van der Waals surface area contributed by atoms with Gasteiger partial charge in [0.1, 0.15) is 0 Å². The standard InChI is InChI=1S/C16H18BrN3O2S/c1-19(2)12-5-6-20(9-12)13-4-3-11(17)7-10(13)8-14-15(21)18-16(22)23-14/h3-4,7-8,12H,5-6,9H2,1-2H3,(H,18,21,22). The Kier molecular flexibility index (Phi) is 4.79. The van der Waals surface area contributed by atoms with Crippen molar-refractivity contribution in [2.24, 2.45) is 0 Å². The minimum atomic E-state index is -0.321. The molecule has 0 aromatic heterocycles. The molecule has 5 nitrogen and oxygen atoms in total. The summed E-state index contributed by atoms with van der Waals surface area (Å²) in [7, 11) is 4.20. The van der Waals surface area contributed by atoms with Crippen LogP contribution in [-0.2, 0) is 4.79 Å². The van der Waals surface area contributed by atoms with E-state index in [-0.39, 0.29) is 11.1 Å². The number of nitrogens with one attached hydrogen (secondary N) is 1. The van der Waals surface area contributed by atoms with Gasteiger partial charge in [-0.25, -0.2) is 0 Å². The van der Waals surface area contributed by atoms with Gasteiger partial charge in [-0.15, -0.1) is 0 Å². The molecule has 1 atom stereocenters. The number of imide groups is 1. The van der Waals surface area contributed by atoms with Gasteiger partial charge in [0.2, 0.25) is 0 Å². The first kappa shape index (κ1) is 16.5. The second-order valence-electron chi connectivity index (χ2n) is 5.91. The maximum absolute atomic E-state index is 11.8. The lowest BCUT2D eigenvalue weighted by atomic mass is 10.1. The highest BCUT2D eigenvalue weighted by Crippen LogP contribution is 2.33. The molecule has 23 heavy (non-hydrogen) atoms. The van der Waals surface area contributed by atoms with Crippen molar-refractivity contribution in [1.29, 1.82) is 0 Å². The third-order valence-corrected chi connectivity index (χ3v) is 5.46. The highest BCUT2D eigenvalue weighted by atomic mass is 79.9. The van der Waals surface area contributed by atoms with Gasteiger partial charge >= 0.3 is 0 Å². The molecule has 0 bridgehead atoms. The zero-order valence-electron chi connectivity index (χ0n) is 13.0. The Hall–Kier alpha value is -1.31. The molecule has 2 fully saturated rings. The highest BCUT2D eigenvalue weighted by Gasteiger charge is 2.28. The number of amides is 2. The van der Waals surface area contributed by atoms with Gasteiger partial charge in [0.05, 0.1) is 4.91 Å². The summed E-state index contributed by atoms with van der Waals surface area (Å²) in [5.41, 5.74) is 2.05. The van der Waals surface area contributed by atoms with E-state index in [1.807, 2.05) is 12.1 Å². The monoisotopic (exact) mass is 395 g/mol. The van der Waals surface area contributed by atoms with Crippen LogP contribution in [0.4, 0.5) is 10.5 Å². The number of halogens is 1. The lowest BCUT2D eigenvalue weighted by Crippen LogP contribution is -2.31. The summed E-state index contributed by atoms with van der Waals surface area (Å²) in [5.74, 6) is -0.321. The van der Waals surface area contributed by atoms with Crippen LogP contribution in [-0.4, -0.2) is 49.3 Å². The van der Waals surface area contributed by atoms with Crippen LogP contribution in [0.25, 0.3) is 6.08 Å². The SMILES string of the molecule is CN(C)C1CCN(c2ccc(Br)cc2C=C2SC(=O)NC2=O)C1.